The van der Waals surface area contributed by atoms with Crippen LogP contribution in [0.2, 0.25) is 0 Å². The Balaban J connectivity index is 1.98. The Bertz CT molecular complexity index is 202. The van der Waals surface area contributed by atoms with E-state index in [9.17, 15) is 0 Å². The van der Waals surface area contributed by atoms with E-state index in [0.717, 1.165) is 12.5 Å². The van der Waals surface area contributed by atoms with Gasteiger partial charge in [0.05, 0.1) is 6.10 Å². The molecule has 0 aliphatic carbocycles. The molecule has 0 spiro atoms. The van der Waals surface area contributed by atoms with Crippen LogP contribution in [-0.2, 0) is 4.74 Å². The third-order valence-electron chi connectivity index (χ3n) is 4.72. The van der Waals surface area contributed by atoms with Gasteiger partial charge >= 0.3 is 0 Å². The van der Waals surface area contributed by atoms with Crippen molar-refractivity contribution in [3.8, 4) is 0 Å². The topological polar surface area (TPSA) is 9.23 Å². The van der Waals surface area contributed by atoms with E-state index in [4.69, 9.17) is 4.74 Å². The molecule has 1 heteroatoms. The predicted octanol–water partition coefficient (Wildman–Crippen LogP) is 6.50. The summed E-state index contributed by atoms with van der Waals surface area (Å²) in [5.41, 5.74) is 0. The van der Waals surface area contributed by atoms with Crippen molar-refractivity contribution in [1.82, 2.24) is 0 Å². The molecule has 0 aromatic carbocycles. The molecule has 120 valence electrons. The molecule has 1 nitrogen and oxygen atoms in total. The van der Waals surface area contributed by atoms with Gasteiger partial charge in [-0.2, -0.15) is 0 Å². The first-order valence-corrected chi connectivity index (χ1v) is 9.44. The van der Waals surface area contributed by atoms with Crippen LogP contribution >= 0.6 is 0 Å². The van der Waals surface area contributed by atoms with E-state index in [1.54, 1.807) is 0 Å². The van der Waals surface area contributed by atoms with Gasteiger partial charge in [-0.25, -0.2) is 0 Å². The minimum absolute atomic E-state index is 0.565. The highest BCUT2D eigenvalue weighted by Gasteiger charge is 2.13. The number of hydrogen-bond acceptors (Lipinski definition) is 1. The highest BCUT2D eigenvalue weighted by Crippen LogP contribution is 2.21. The summed E-state index contributed by atoms with van der Waals surface area (Å²) in [5, 5.41) is 0. The highest BCUT2D eigenvalue weighted by atomic mass is 16.5. The zero-order valence-electron chi connectivity index (χ0n) is 14.2. The van der Waals surface area contributed by atoms with Gasteiger partial charge in [-0.1, -0.05) is 84.5 Å². The van der Waals surface area contributed by atoms with Gasteiger partial charge in [-0.3, -0.25) is 0 Å². The van der Waals surface area contributed by atoms with Crippen LogP contribution in [0.4, 0.5) is 0 Å². The lowest BCUT2D eigenvalue weighted by atomic mass is 10.0. The standard InChI is InChI=1S/C19H38O/c1-3-4-5-6-7-8-9-12-15-19-16-13-10-11-14-18(2)17-20-19/h18-19H,3-17H2,1-2H3. The molecule has 1 rings (SSSR count). The van der Waals surface area contributed by atoms with Crippen LogP contribution in [0.15, 0.2) is 0 Å². The Morgan fingerprint density at radius 2 is 1.45 bits per heavy atom. The Morgan fingerprint density at radius 1 is 0.800 bits per heavy atom. The third-order valence-corrected chi connectivity index (χ3v) is 4.72. The molecule has 0 amide bonds. The first-order valence-electron chi connectivity index (χ1n) is 9.44. The number of hydrogen-bond donors (Lipinski definition) is 0. The second-order valence-corrected chi connectivity index (χ2v) is 6.96. The molecule has 0 bridgehead atoms. The van der Waals surface area contributed by atoms with Gasteiger partial charge in [-0.15, -0.1) is 0 Å². The summed E-state index contributed by atoms with van der Waals surface area (Å²) < 4.78 is 6.13. The van der Waals surface area contributed by atoms with Crippen LogP contribution in [0.3, 0.4) is 0 Å². The molecule has 0 aromatic rings. The van der Waals surface area contributed by atoms with E-state index in [-0.39, 0.29) is 0 Å². The summed E-state index contributed by atoms with van der Waals surface area (Å²) in [4.78, 5) is 0. The molecule has 1 saturated heterocycles. The minimum Gasteiger partial charge on any atom is -0.378 e. The largest absolute Gasteiger partial charge is 0.378 e. The Hall–Kier alpha value is -0.0400. The summed E-state index contributed by atoms with van der Waals surface area (Å²) in [6, 6.07) is 0. The van der Waals surface area contributed by atoms with E-state index in [2.05, 4.69) is 13.8 Å². The first-order chi connectivity index (χ1) is 9.83. The summed E-state index contributed by atoms with van der Waals surface area (Å²) in [7, 11) is 0. The van der Waals surface area contributed by atoms with Crippen LogP contribution in [-0.4, -0.2) is 12.7 Å². The van der Waals surface area contributed by atoms with Crippen LogP contribution in [0.5, 0.6) is 0 Å². The quantitative estimate of drug-likeness (QED) is 0.438. The van der Waals surface area contributed by atoms with Crippen LogP contribution in [0, 0.1) is 5.92 Å². The smallest absolute Gasteiger partial charge is 0.0575 e. The minimum atomic E-state index is 0.565. The summed E-state index contributed by atoms with van der Waals surface area (Å²) in [6.45, 7) is 5.64. The monoisotopic (exact) mass is 282 g/mol. The zero-order valence-corrected chi connectivity index (χ0v) is 14.2. The summed E-state index contributed by atoms with van der Waals surface area (Å²) in [5.74, 6) is 0.772. The fraction of sp³-hybridized carbons (Fsp3) is 1.00. The Morgan fingerprint density at radius 3 is 2.20 bits per heavy atom. The Kier molecular flexibility index (Phi) is 11.4. The second kappa shape index (κ2) is 12.7. The lowest BCUT2D eigenvalue weighted by molar-refractivity contribution is 0.0221. The normalized spacial score (nSPS) is 24.9. The van der Waals surface area contributed by atoms with Crippen molar-refractivity contribution < 1.29 is 4.74 Å². The number of rotatable bonds is 9. The van der Waals surface area contributed by atoms with Gasteiger partial charge in [0.1, 0.15) is 0 Å². The molecule has 20 heavy (non-hydrogen) atoms. The maximum atomic E-state index is 6.13. The fourth-order valence-electron chi connectivity index (χ4n) is 3.24. The van der Waals surface area contributed by atoms with Crippen LogP contribution < -0.4 is 0 Å². The summed E-state index contributed by atoms with van der Waals surface area (Å²) in [6.07, 6.45) is 20.1. The number of unbranched alkanes of at least 4 members (excludes halogenated alkanes) is 7. The van der Waals surface area contributed by atoms with Gasteiger partial charge in [0.2, 0.25) is 0 Å². The second-order valence-electron chi connectivity index (χ2n) is 6.96. The predicted molar refractivity (Wildman–Crippen MR) is 89.2 cm³/mol. The Labute approximate surface area is 127 Å². The number of ether oxygens (including phenoxy) is 1. The van der Waals surface area contributed by atoms with Crippen molar-refractivity contribution in [1.29, 1.82) is 0 Å². The van der Waals surface area contributed by atoms with E-state index >= 15 is 0 Å². The highest BCUT2D eigenvalue weighted by molar-refractivity contribution is 4.64. The van der Waals surface area contributed by atoms with Crippen molar-refractivity contribution in [3.05, 3.63) is 0 Å². The van der Waals surface area contributed by atoms with E-state index in [0.29, 0.717) is 6.10 Å². The van der Waals surface area contributed by atoms with Crippen molar-refractivity contribution in [2.24, 2.45) is 5.92 Å². The molecule has 0 aromatic heterocycles. The van der Waals surface area contributed by atoms with Gasteiger partial charge in [0.25, 0.3) is 0 Å². The van der Waals surface area contributed by atoms with Crippen molar-refractivity contribution in [2.75, 3.05) is 6.61 Å². The SMILES string of the molecule is CCCCCCCCCCC1CCCCCC(C)CO1. The van der Waals surface area contributed by atoms with Crippen LogP contribution in [0.25, 0.3) is 0 Å². The average molecular weight is 283 g/mol. The lowest BCUT2D eigenvalue weighted by Gasteiger charge is -2.18. The van der Waals surface area contributed by atoms with Gasteiger partial charge in [0, 0.05) is 6.61 Å². The van der Waals surface area contributed by atoms with Crippen molar-refractivity contribution >= 4 is 0 Å². The molecule has 1 fully saturated rings. The van der Waals surface area contributed by atoms with Gasteiger partial charge in [0.15, 0.2) is 0 Å². The van der Waals surface area contributed by atoms with Gasteiger partial charge in [-0.05, 0) is 25.2 Å². The fourth-order valence-corrected chi connectivity index (χ4v) is 3.24. The van der Waals surface area contributed by atoms with Crippen molar-refractivity contribution in [2.45, 2.75) is 110 Å². The van der Waals surface area contributed by atoms with E-state index in [1.165, 1.54) is 89.9 Å². The van der Waals surface area contributed by atoms with Gasteiger partial charge < -0.3 is 4.74 Å². The lowest BCUT2D eigenvalue weighted by Crippen LogP contribution is -2.16. The molecule has 1 aliphatic heterocycles. The molecular formula is C19H38O. The van der Waals surface area contributed by atoms with Crippen molar-refractivity contribution in [3.63, 3.8) is 0 Å². The third kappa shape index (κ3) is 9.80. The molecular weight excluding hydrogens is 244 g/mol. The van der Waals surface area contributed by atoms with Crippen LogP contribution in [0.1, 0.15) is 104 Å². The molecule has 0 radical (unpaired) electrons. The first kappa shape index (κ1) is 18.0. The van der Waals surface area contributed by atoms with E-state index < -0.39 is 0 Å². The van der Waals surface area contributed by atoms with E-state index in [1.807, 2.05) is 0 Å². The molecule has 1 heterocycles. The summed E-state index contributed by atoms with van der Waals surface area (Å²) >= 11 is 0. The molecule has 2 unspecified atom stereocenters. The maximum absolute atomic E-state index is 6.13. The maximum Gasteiger partial charge on any atom is 0.0575 e. The molecule has 1 aliphatic rings. The molecule has 0 N–H and O–H groups in total. The zero-order chi connectivity index (χ0) is 14.5. The molecule has 2 atom stereocenters. The molecule has 0 saturated carbocycles. The average Bonchev–Trinajstić information content (AvgIpc) is 2.55.